The van der Waals surface area contributed by atoms with Gasteiger partial charge in [0.25, 0.3) is 0 Å². The van der Waals surface area contributed by atoms with Gasteiger partial charge in [-0.05, 0) is 66.8 Å². The number of likely N-dealkylation sites (N-methyl/N-ethyl adjacent to an activating group) is 1. The van der Waals surface area contributed by atoms with Crippen molar-refractivity contribution < 1.29 is 34.4 Å². The fourth-order valence-electron chi connectivity index (χ4n) is 3.15. The van der Waals surface area contributed by atoms with Crippen molar-refractivity contribution in [2.24, 2.45) is 0 Å². The number of alkyl carbamates (subject to hydrolysis) is 2. The van der Waals surface area contributed by atoms with Gasteiger partial charge in [-0.3, -0.25) is 4.90 Å². The van der Waals surface area contributed by atoms with E-state index in [4.69, 9.17) is 9.47 Å². The summed E-state index contributed by atoms with van der Waals surface area (Å²) in [5, 5.41) is 34.0. The minimum absolute atomic E-state index is 0.549. The summed E-state index contributed by atoms with van der Waals surface area (Å²) < 4.78 is 10.3. The predicted molar refractivity (Wildman–Crippen MR) is 145 cm³/mol. The molecule has 2 rings (SSSR count). The fraction of sp³-hybridized carbons (Fsp3) is 0.500. The van der Waals surface area contributed by atoms with Crippen LogP contribution in [0.4, 0.5) is 9.59 Å². The molecule has 3 atom stereocenters. The lowest BCUT2D eigenvalue weighted by Gasteiger charge is -2.30. The van der Waals surface area contributed by atoms with E-state index >= 15 is 0 Å². The Bertz CT molecular complexity index is 971. The molecular formula is C28H43N3O7. The number of aliphatic hydroxyl groups excluding tert-OH is 2. The van der Waals surface area contributed by atoms with Crippen LogP contribution in [0.5, 0.6) is 0 Å². The first-order valence-electron chi connectivity index (χ1n) is 12.3. The first-order chi connectivity index (χ1) is 17.5. The van der Waals surface area contributed by atoms with Gasteiger partial charge in [0.2, 0.25) is 0 Å². The molecule has 0 fully saturated rings. The minimum atomic E-state index is -1.69. The third-order valence-electron chi connectivity index (χ3n) is 4.79. The molecule has 5 N–H and O–H groups in total. The van der Waals surface area contributed by atoms with Crippen molar-refractivity contribution in [3.05, 3.63) is 71.8 Å². The van der Waals surface area contributed by atoms with Gasteiger partial charge < -0.3 is 35.4 Å². The van der Waals surface area contributed by atoms with Crippen molar-refractivity contribution in [2.45, 2.75) is 77.3 Å². The molecule has 2 amide bonds. The topological polar surface area (TPSA) is 141 Å². The number of nitrogens with zero attached hydrogens (tertiary/aromatic N) is 1. The SMILES string of the molecule is CC(C)(C)OC(=O)N[C@@H](c1ccccc1)C(O)O.CN(C)[C@@H](O)[C@@H](NC(=O)OC(C)(C)C)c1ccccc1. The maximum absolute atomic E-state index is 11.9. The maximum Gasteiger partial charge on any atom is 0.408 e. The second-order valence-electron chi connectivity index (χ2n) is 10.9. The second-order valence-corrected chi connectivity index (χ2v) is 10.9. The van der Waals surface area contributed by atoms with Gasteiger partial charge in [-0.25, -0.2) is 9.59 Å². The third kappa shape index (κ3) is 12.9. The Balaban J connectivity index is 0.000000382. The molecule has 10 nitrogen and oxygen atoms in total. The molecule has 0 bridgehead atoms. The molecule has 2 aromatic carbocycles. The van der Waals surface area contributed by atoms with Gasteiger partial charge >= 0.3 is 12.2 Å². The van der Waals surface area contributed by atoms with E-state index in [9.17, 15) is 24.9 Å². The van der Waals surface area contributed by atoms with Crippen LogP contribution in [0.1, 0.15) is 64.8 Å². The summed E-state index contributed by atoms with van der Waals surface area (Å²) in [6.07, 6.45) is -3.78. The number of ether oxygens (including phenoxy) is 2. The Morgan fingerprint density at radius 1 is 0.684 bits per heavy atom. The van der Waals surface area contributed by atoms with Crippen molar-refractivity contribution in [1.82, 2.24) is 15.5 Å². The Morgan fingerprint density at radius 2 is 1.03 bits per heavy atom. The molecule has 0 spiro atoms. The molecule has 0 aliphatic rings. The van der Waals surface area contributed by atoms with E-state index in [2.05, 4.69) is 10.6 Å². The highest BCUT2D eigenvalue weighted by Gasteiger charge is 2.27. The van der Waals surface area contributed by atoms with Crippen LogP contribution >= 0.6 is 0 Å². The number of hydrogen-bond donors (Lipinski definition) is 5. The summed E-state index contributed by atoms with van der Waals surface area (Å²) >= 11 is 0. The van der Waals surface area contributed by atoms with E-state index in [1.807, 2.05) is 30.3 Å². The highest BCUT2D eigenvalue weighted by molar-refractivity contribution is 5.69. The Labute approximate surface area is 225 Å². The van der Waals surface area contributed by atoms with Crippen LogP contribution in [0.15, 0.2) is 60.7 Å². The number of aliphatic hydroxyl groups is 3. The number of benzene rings is 2. The Morgan fingerprint density at radius 3 is 1.34 bits per heavy atom. The molecule has 0 aliphatic carbocycles. The summed E-state index contributed by atoms with van der Waals surface area (Å²) in [5.41, 5.74) is 0.207. The van der Waals surface area contributed by atoms with Crippen molar-refractivity contribution >= 4 is 12.2 Å². The van der Waals surface area contributed by atoms with Gasteiger partial charge in [-0.1, -0.05) is 60.7 Å². The largest absolute Gasteiger partial charge is 0.444 e. The van der Waals surface area contributed by atoms with Gasteiger partial charge in [0.05, 0.1) is 6.04 Å². The van der Waals surface area contributed by atoms with E-state index in [-0.39, 0.29) is 0 Å². The molecule has 38 heavy (non-hydrogen) atoms. The zero-order chi connectivity index (χ0) is 29.1. The Kier molecular flexibility index (Phi) is 12.7. The summed E-state index contributed by atoms with van der Waals surface area (Å²) in [6, 6.07) is 16.5. The zero-order valence-electron chi connectivity index (χ0n) is 23.5. The third-order valence-corrected chi connectivity index (χ3v) is 4.79. The lowest BCUT2D eigenvalue weighted by atomic mass is 10.1. The number of rotatable bonds is 7. The standard InChI is InChI=1S/C15H24N2O3.C13H19NO4/c1-15(2,3)20-14(19)16-12(13(18)17(4)5)11-9-7-6-8-10-11;1-13(2,3)18-12(17)14-10(11(15)16)9-7-5-4-6-8-9/h6-10,12-13,18H,1-5H3,(H,16,19);4-8,10-11,15-16H,1-3H3,(H,14,17)/t12-,13-;10-/m00/s1. The first kappa shape index (κ1) is 32.8. The van der Waals surface area contributed by atoms with Crippen molar-refractivity contribution in [3.8, 4) is 0 Å². The number of nitrogens with one attached hydrogen (secondary N) is 2. The number of hydrogen-bond acceptors (Lipinski definition) is 8. The number of carbonyl (C=O) groups is 2. The molecular weight excluding hydrogens is 490 g/mol. The molecule has 10 heteroatoms. The average Bonchev–Trinajstić information content (AvgIpc) is 2.79. The lowest BCUT2D eigenvalue weighted by Crippen LogP contribution is -2.44. The predicted octanol–water partition coefficient (Wildman–Crippen LogP) is 3.70. The number of amides is 2. The Hall–Kier alpha value is -3.18. The van der Waals surface area contributed by atoms with Gasteiger partial charge in [-0.15, -0.1) is 0 Å². The van der Waals surface area contributed by atoms with E-state index in [0.717, 1.165) is 5.56 Å². The van der Waals surface area contributed by atoms with Crippen LogP contribution < -0.4 is 10.6 Å². The molecule has 0 radical (unpaired) electrons. The molecule has 0 saturated heterocycles. The van der Waals surface area contributed by atoms with Crippen molar-refractivity contribution in [3.63, 3.8) is 0 Å². The van der Waals surface area contributed by atoms with E-state index in [0.29, 0.717) is 5.56 Å². The van der Waals surface area contributed by atoms with E-state index < -0.39 is 48.0 Å². The first-order valence-corrected chi connectivity index (χ1v) is 12.3. The summed E-state index contributed by atoms with van der Waals surface area (Å²) in [7, 11) is 3.49. The highest BCUT2D eigenvalue weighted by atomic mass is 16.6. The minimum Gasteiger partial charge on any atom is -0.444 e. The van der Waals surface area contributed by atoms with Gasteiger partial charge in [-0.2, -0.15) is 0 Å². The van der Waals surface area contributed by atoms with Crippen LogP contribution in [0.2, 0.25) is 0 Å². The molecule has 0 aliphatic heterocycles. The number of carbonyl (C=O) groups excluding carboxylic acids is 2. The molecule has 0 aromatic heterocycles. The van der Waals surface area contributed by atoms with Crippen LogP contribution in [0, 0.1) is 0 Å². The lowest BCUT2D eigenvalue weighted by molar-refractivity contribution is -0.0693. The smallest absolute Gasteiger partial charge is 0.408 e. The normalized spacial score (nSPS) is 14.0. The quantitative estimate of drug-likeness (QED) is 0.340. The summed E-state index contributed by atoms with van der Waals surface area (Å²) in [4.78, 5) is 25.1. The molecule has 0 saturated carbocycles. The second kappa shape index (κ2) is 14.7. The van der Waals surface area contributed by atoms with E-state index in [1.54, 1.807) is 90.9 Å². The van der Waals surface area contributed by atoms with Crippen molar-refractivity contribution in [1.29, 1.82) is 0 Å². The molecule has 0 unspecified atom stereocenters. The van der Waals surface area contributed by atoms with Crippen molar-refractivity contribution in [2.75, 3.05) is 14.1 Å². The monoisotopic (exact) mass is 533 g/mol. The van der Waals surface area contributed by atoms with Crippen LogP contribution in [0.25, 0.3) is 0 Å². The van der Waals surface area contributed by atoms with E-state index in [1.165, 1.54) is 0 Å². The zero-order valence-corrected chi connectivity index (χ0v) is 23.5. The molecule has 2 aromatic rings. The van der Waals surface area contributed by atoms with Crippen LogP contribution in [0.3, 0.4) is 0 Å². The van der Waals surface area contributed by atoms with Gasteiger partial charge in [0.15, 0.2) is 6.29 Å². The average molecular weight is 534 g/mol. The highest BCUT2D eigenvalue weighted by Crippen LogP contribution is 2.20. The van der Waals surface area contributed by atoms with Crippen LogP contribution in [-0.4, -0.2) is 70.2 Å². The fourth-order valence-corrected chi connectivity index (χ4v) is 3.15. The molecule has 0 heterocycles. The summed E-state index contributed by atoms with van der Waals surface area (Å²) in [6.45, 7) is 10.6. The summed E-state index contributed by atoms with van der Waals surface area (Å²) in [5.74, 6) is 0. The van der Waals surface area contributed by atoms with Crippen LogP contribution in [-0.2, 0) is 9.47 Å². The maximum atomic E-state index is 11.9. The van der Waals surface area contributed by atoms with Gasteiger partial charge in [0, 0.05) is 0 Å². The van der Waals surface area contributed by atoms with Gasteiger partial charge in [0.1, 0.15) is 23.5 Å². The molecule has 212 valence electrons.